The fourth-order valence-electron chi connectivity index (χ4n) is 1.83. The molecule has 0 saturated carbocycles. The van der Waals surface area contributed by atoms with Crippen LogP contribution in [0.4, 0.5) is 0 Å². The third-order valence-corrected chi connectivity index (χ3v) is 2.66. The summed E-state index contributed by atoms with van der Waals surface area (Å²) in [6.07, 6.45) is 2.15. The summed E-state index contributed by atoms with van der Waals surface area (Å²) in [4.78, 5) is 20.0. The molecule has 0 fully saturated rings. The Labute approximate surface area is 104 Å². The van der Waals surface area contributed by atoms with Crippen molar-refractivity contribution in [1.29, 1.82) is 0 Å². The van der Waals surface area contributed by atoms with Crippen LogP contribution in [-0.4, -0.2) is 35.4 Å². The van der Waals surface area contributed by atoms with E-state index >= 15 is 0 Å². The van der Waals surface area contributed by atoms with Gasteiger partial charge in [-0.2, -0.15) is 0 Å². The van der Waals surface area contributed by atoms with Crippen LogP contribution in [0.2, 0.25) is 0 Å². The Morgan fingerprint density at radius 3 is 2.83 bits per heavy atom. The molecule has 0 unspecified atom stereocenters. The van der Waals surface area contributed by atoms with Gasteiger partial charge >= 0.3 is 0 Å². The first-order valence-corrected chi connectivity index (χ1v) is 5.65. The monoisotopic (exact) mass is 249 g/mol. The van der Waals surface area contributed by atoms with Crippen molar-refractivity contribution in [2.45, 2.75) is 13.0 Å². The minimum Gasteiger partial charge on any atom is -0.480 e. The van der Waals surface area contributed by atoms with Gasteiger partial charge in [0.25, 0.3) is 5.56 Å². The zero-order valence-corrected chi connectivity index (χ0v) is 10.4. The second-order valence-corrected chi connectivity index (χ2v) is 3.79. The van der Waals surface area contributed by atoms with E-state index in [1.54, 1.807) is 24.9 Å². The first kappa shape index (κ1) is 12.5. The van der Waals surface area contributed by atoms with E-state index in [0.717, 1.165) is 11.8 Å². The molecule has 2 aromatic rings. The Balaban J connectivity index is 2.50. The average molecular weight is 249 g/mol. The van der Waals surface area contributed by atoms with Gasteiger partial charge in [-0.3, -0.25) is 9.36 Å². The normalized spacial score (nSPS) is 10.8. The Bertz CT molecular complexity index is 595. The van der Waals surface area contributed by atoms with Crippen LogP contribution in [0.3, 0.4) is 0 Å². The summed E-state index contributed by atoms with van der Waals surface area (Å²) < 4.78 is 11.8. The number of aromatic nitrogens is 3. The lowest BCUT2D eigenvalue weighted by Crippen LogP contribution is -2.21. The summed E-state index contributed by atoms with van der Waals surface area (Å²) in [7, 11) is 3.18. The summed E-state index contributed by atoms with van der Waals surface area (Å²) in [6, 6.07) is 3.18. The first-order valence-electron chi connectivity index (χ1n) is 5.65. The molecule has 0 bridgehead atoms. The fourth-order valence-corrected chi connectivity index (χ4v) is 1.83. The summed E-state index contributed by atoms with van der Waals surface area (Å²) in [5.41, 5.74) is 0.504. The Hall–Kier alpha value is -1.95. The number of nitrogens with zero attached hydrogens (tertiary/aromatic N) is 3. The molecule has 0 saturated heterocycles. The SMILES string of the molecule is COCCCn1c(=O)ccc2c(OC)ncnc21. The largest absolute Gasteiger partial charge is 0.480 e. The standard InChI is InChI=1S/C12H15N3O3/c1-17-7-3-6-15-10(16)5-4-9-11(15)13-8-14-12(9)18-2/h4-5,8H,3,6-7H2,1-2H3. The van der Waals surface area contributed by atoms with Crippen LogP contribution in [0, 0.1) is 0 Å². The topological polar surface area (TPSA) is 66.2 Å². The molecule has 0 amide bonds. The van der Waals surface area contributed by atoms with Gasteiger partial charge in [0.15, 0.2) is 0 Å². The van der Waals surface area contributed by atoms with Crippen molar-refractivity contribution in [3.63, 3.8) is 0 Å². The Kier molecular flexibility index (Phi) is 3.88. The van der Waals surface area contributed by atoms with Crippen molar-refractivity contribution in [3.05, 3.63) is 28.8 Å². The number of ether oxygens (including phenoxy) is 2. The van der Waals surface area contributed by atoms with E-state index in [0.29, 0.717) is 24.7 Å². The molecule has 6 heteroatoms. The number of methoxy groups -OCH3 is 2. The molecular weight excluding hydrogens is 234 g/mol. The maximum Gasteiger partial charge on any atom is 0.252 e. The number of aryl methyl sites for hydroxylation is 1. The van der Waals surface area contributed by atoms with Gasteiger partial charge in [0, 0.05) is 26.3 Å². The molecule has 2 rings (SSSR count). The molecular formula is C12H15N3O3. The van der Waals surface area contributed by atoms with Crippen LogP contribution < -0.4 is 10.3 Å². The molecule has 0 aliphatic carbocycles. The van der Waals surface area contributed by atoms with Gasteiger partial charge in [0.2, 0.25) is 5.88 Å². The second-order valence-electron chi connectivity index (χ2n) is 3.79. The molecule has 0 aromatic carbocycles. The second kappa shape index (κ2) is 5.59. The van der Waals surface area contributed by atoms with Crippen LogP contribution in [-0.2, 0) is 11.3 Å². The zero-order valence-electron chi connectivity index (χ0n) is 10.4. The summed E-state index contributed by atoms with van der Waals surface area (Å²) in [6.45, 7) is 1.16. The van der Waals surface area contributed by atoms with Gasteiger partial charge in [-0.25, -0.2) is 9.97 Å². The number of hydrogen-bond acceptors (Lipinski definition) is 5. The molecule has 0 aliphatic rings. The number of fused-ring (bicyclic) bond motifs is 1. The van der Waals surface area contributed by atoms with E-state index in [1.165, 1.54) is 12.4 Å². The molecule has 0 atom stereocenters. The van der Waals surface area contributed by atoms with E-state index in [-0.39, 0.29) is 5.56 Å². The van der Waals surface area contributed by atoms with Crippen LogP contribution in [0.1, 0.15) is 6.42 Å². The maximum absolute atomic E-state index is 11.8. The summed E-state index contributed by atoms with van der Waals surface area (Å²) in [5.74, 6) is 0.473. The highest BCUT2D eigenvalue weighted by Crippen LogP contribution is 2.18. The minimum absolute atomic E-state index is 0.0839. The van der Waals surface area contributed by atoms with Crippen molar-refractivity contribution in [2.75, 3.05) is 20.8 Å². The fraction of sp³-hybridized carbons (Fsp3) is 0.417. The lowest BCUT2D eigenvalue weighted by Gasteiger charge is -2.10. The van der Waals surface area contributed by atoms with Crippen molar-refractivity contribution in [3.8, 4) is 5.88 Å². The Morgan fingerprint density at radius 2 is 2.11 bits per heavy atom. The molecule has 0 aliphatic heterocycles. The lowest BCUT2D eigenvalue weighted by atomic mass is 10.3. The average Bonchev–Trinajstić information content (AvgIpc) is 2.40. The minimum atomic E-state index is -0.0839. The van der Waals surface area contributed by atoms with Crippen LogP contribution in [0.15, 0.2) is 23.3 Å². The van der Waals surface area contributed by atoms with Gasteiger partial charge < -0.3 is 9.47 Å². The predicted molar refractivity (Wildman–Crippen MR) is 66.8 cm³/mol. The van der Waals surface area contributed by atoms with Crippen molar-refractivity contribution in [2.24, 2.45) is 0 Å². The van der Waals surface area contributed by atoms with E-state index < -0.39 is 0 Å². The van der Waals surface area contributed by atoms with Crippen LogP contribution in [0.5, 0.6) is 5.88 Å². The van der Waals surface area contributed by atoms with Crippen molar-refractivity contribution in [1.82, 2.24) is 14.5 Å². The van der Waals surface area contributed by atoms with Crippen molar-refractivity contribution >= 4 is 11.0 Å². The predicted octanol–water partition coefficient (Wildman–Crippen LogP) is 0.837. The quantitative estimate of drug-likeness (QED) is 0.734. The van der Waals surface area contributed by atoms with Gasteiger partial charge in [-0.1, -0.05) is 0 Å². The maximum atomic E-state index is 11.8. The molecule has 18 heavy (non-hydrogen) atoms. The highest BCUT2D eigenvalue weighted by molar-refractivity contribution is 5.80. The van der Waals surface area contributed by atoms with Gasteiger partial charge in [0.05, 0.1) is 12.5 Å². The van der Waals surface area contributed by atoms with E-state index in [9.17, 15) is 4.79 Å². The highest BCUT2D eigenvalue weighted by atomic mass is 16.5. The molecule has 0 radical (unpaired) electrons. The first-order chi connectivity index (χ1) is 8.77. The van der Waals surface area contributed by atoms with Gasteiger partial charge in [0.1, 0.15) is 12.0 Å². The number of rotatable bonds is 5. The van der Waals surface area contributed by atoms with Crippen molar-refractivity contribution < 1.29 is 9.47 Å². The number of hydrogen-bond donors (Lipinski definition) is 0. The summed E-state index contributed by atoms with van der Waals surface area (Å²) >= 11 is 0. The van der Waals surface area contributed by atoms with Crippen LogP contribution in [0.25, 0.3) is 11.0 Å². The molecule has 0 N–H and O–H groups in total. The lowest BCUT2D eigenvalue weighted by molar-refractivity contribution is 0.190. The molecule has 96 valence electrons. The molecule has 2 heterocycles. The van der Waals surface area contributed by atoms with E-state index in [2.05, 4.69) is 9.97 Å². The molecule has 6 nitrogen and oxygen atoms in total. The van der Waals surface area contributed by atoms with Gasteiger partial charge in [-0.15, -0.1) is 0 Å². The highest BCUT2D eigenvalue weighted by Gasteiger charge is 2.08. The third-order valence-electron chi connectivity index (χ3n) is 2.66. The third kappa shape index (κ3) is 2.33. The molecule has 0 spiro atoms. The zero-order chi connectivity index (χ0) is 13.0. The Morgan fingerprint density at radius 1 is 1.28 bits per heavy atom. The van der Waals surface area contributed by atoms with E-state index in [1.807, 2.05) is 0 Å². The van der Waals surface area contributed by atoms with E-state index in [4.69, 9.17) is 9.47 Å². The van der Waals surface area contributed by atoms with Gasteiger partial charge in [-0.05, 0) is 12.5 Å². The molecule has 2 aromatic heterocycles. The smallest absolute Gasteiger partial charge is 0.252 e. The summed E-state index contributed by atoms with van der Waals surface area (Å²) in [5, 5.41) is 0.733. The number of pyridine rings is 1. The van der Waals surface area contributed by atoms with Crippen LogP contribution >= 0.6 is 0 Å².